The van der Waals surface area contributed by atoms with E-state index in [2.05, 4.69) is 29.2 Å². The van der Waals surface area contributed by atoms with Crippen molar-refractivity contribution in [2.75, 3.05) is 42.6 Å². The Hall–Kier alpha value is -3.81. The summed E-state index contributed by atoms with van der Waals surface area (Å²) >= 11 is 1.58. The molecule has 40 heavy (non-hydrogen) atoms. The monoisotopic (exact) mass is 549 g/mol. The van der Waals surface area contributed by atoms with E-state index in [0.717, 1.165) is 69.8 Å². The average Bonchev–Trinajstić information content (AvgIpc) is 3.75. The molecule has 4 aromatic rings. The molecule has 0 radical (unpaired) electrons. The molecule has 0 unspecified atom stereocenters. The number of nitrogens with zero attached hydrogens (tertiary/aromatic N) is 3. The largest absolute Gasteiger partial charge is 0.378 e. The number of hydrogen-bond acceptors (Lipinski definition) is 6. The number of Topliss-reactive ketones (excluding diaryl/α,β-unsaturated/α-hetero) is 1. The first-order chi connectivity index (χ1) is 19.6. The maximum Gasteiger partial charge on any atom is 0.276 e. The first kappa shape index (κ1) is 25.2. The Labute approximate surface area is 238 Å². The van der Waals surface area contributed by atoms with Crippen LogP contribution >= 0.6 is 11.3 Å². The number of rotatable bonds is 6. The maximum absolute atomic E-state index is 14.0. The topological polar surface area (TPSA) is 62.7 Å². The Morgan fingerprint density at radius 3 is 2.60 bits per heavy atom. The number of ether oxygens (including phenoxy) is 1. The van der Waals surface area contributed by atoms with E-state index in [-0.39, 0.29) is 11.7 Å². The molecule has 7 rings (SSSR count). The molecule has 202 valence electrons. The lowest BCUT2D eigenvalue weighted by Gasteiger charge is -2.29. The van der Waals surface area contributed by atoms with Crippen molar-refractivity contribution in [1.29, 1.82) is 0 Å². The van der Waals surface area contributed by atoms with E-state index < -0.39 is 0 Å². The van der Waals surface area contributed by atoms with E-state index in [4.69, 9.17) is 9.72 Å². The predicted octanol–water partition coefficient (Wildman–Crippen LogP) is 6.50. The Balaban J connectivity index is 1.17. The molecule has 1 amide bonds. The van der Waals surface area contributed by atoms with Crippen molar-refractivity contribution in [1.82, 2.24) is 4.98 Å². The highest BCUT2D eigenvalue weighted by atomic mass is 32.1. The molecule has 0 atom stereocenters. The number of carbonyl (C=O) groups is 2. The molecule has 2 aromatic carbocycles. The lowest BCUT2D eigenvalue weighted by molar-refractivity contribution is 0.0972. The number of anilines is 2. The summed E-state index contributed by atoms with van der Waals surface area (Å²) in [7, 11) is 0. The van der Waals surface area contributed by atoms with Crippen molar-refractivity contribution in [3.8, 4) is 21.7 Å². The second kappa shape index (κ2) is 10.6. The van der Waals surface area contributed by atoms with Crippen LogP contribution in [0, 0.1) is 5.92 Å². The van der Waals surface area contributed by atoms with Gasteiger partial charge in [0, 0.05) is 47.7 Å². The third-order valence-electron chi connectivity index (χ3n) is 8.03. The number of hydrogen-bond donors (Lipinski definition) is 0. The molecule has 2 aromatic heterocycles. The third kappa shape index (κ3) is 4.95. The van der Waals surface area contributed by atoms with Crippen LogP contribution in [0.4, 0.5) is 11.4 Å². The predicted molar refractivity (Wildman–Crippen MR) is 160 cm³/mol. The molecule has 0 bridgehead atoms. The van der Waals surface area contributed by atoms with E-state index in [1.165, 1.54) is 12.8 Å². The van der Waals surface area contributed by atoms with Gasteiger partial charge in [0.15, 0.2) is 5.78 Å². The van der Waals surface area contributed by atoms with Crippen LogP contribution in [0.25, 0.3) is 21.7 Å². The third-order valence-corrected chi connectivity index (χ3v) is 9.28. The van der Waals surface area contributed by atoms with Gasteiger partial charge < -0.3 is 14.5 Å². The van der Waals surface area contributed by atoms with Gasteiger partial charge in [-0.1, -0.05) is 36.4 Å². The molecule has 4 heterocycles. The lowest BCUT2D eigenvalue weighted by atomic mass is 10.1. The van der Waals surface area contributed by atoms with Gasteiger partial charge in [-0.05, 0) is 67.1 Å². The molecule has 0 N–H and O–H groups in total. The number of carbonyl (C=O) groups excluding carboxylic acids is 2. The summed E-state index contributed by atoms with van der Waals surface area (Å²) in [6.45, 7) is 3.73. The van der Waals surface area contributed by atoms with Gasteiger partial charge in [0.05, 0.1) is 29.5 Å². The van der Waals surface area contributed by atoms with E-state index in [0.29, 0.717) is 31.0 Å². The zero-order valence-corrected chi connectivity index (χ0v) is 23.2. The van der Waals surface area contributed by atoms with E-state index in [1.54, 1.807) is 17.4 Å². The highest BCUT2D eigenvalue weighted by Gasteiger charge is 2.30. The Kier molecular flexibility index (Phi) is 6.69. The number of para-hydroxylation sites is 1. The second-order valence-electron chi connectivity index (χ2n) is 10.8. The summed E-state index contributed by atoms with van der Waals surface area (Å²) in [4.78, 5) is 37.8. The van der Waals surface area contributed by atoms with Gasteiger partial charge in [0.1, 0.15) is 5.69 Å². The normalized spacial score (nSPS) is 16.7. The Morgan fingerprint density at radius 1 is 0.925 bits per heavy atom. The number of amides is 1. The summed E-state index contributed by atoms with van der Waals surface area (Å²) < 4.78 is 5.51. The fourth-order valence-electron chi connectivity index (χ4n) is 5.67. The Morgan fingerprint density at radius 2 is 1.75 bits per heavy atom. The molecule has 1 saturated heterocycles. The van der Waals surface area contributed by atoms with Crippen LogP contribution in [-0.2, 0) is 11.2 Å². The average molecular weight is 550 g/mol. The summed E-state index contributed by atoms with van der Waals surface area (Å²) in [6.07, 6.45) is 3.70. The SMILES string of the molecule is O=C(CC1CC1)c1cc2c(s1)-c1ccccc1N(C(=O)c1cccc(-c3cccc(N4CCOCC4)c3)n1)CC2. The fraction of sp³-hybridized carbons (Fsp3) is 0.303. The van der Waals surface area contributed by atoms with E-state index >= 15 is 0 Å². The molecule has 0 spiro atoms. The molecule has 6 nitrogen and oxygen atoms in total. The minimum atomic E-state index is -0.112. The van der Waals surface area contributed by atoms with Crippen molar-refractivity contribution >= 4 is 34.4 Å². The minimum Gasteiger partial charge on any atom is -0.378 e. The zero-order valence-electron chi connectivity index (χ0n) is 22.3. The van der Waals surface area contributed by atoms with Gasteiger partial charge in [0.25, 0.3) is 5.91 Å². The van der Waals surface area contributed by atoms with E-state index in [9.17, 15) is 9.59 Å². The summed E-state index contributed by atoms with van der Waals surface area (Å²) in [5, 5.41) is 0. The smallest absolute Gasteiger partial charge is 0.276 e. The van der Waals surface area contributed by atoms with Gasteiger partial charge in [-0.3, -0.25) is 9.59 Å². The zero-order chi connectivity index (χ0) is 27.1. The van der Waals surface area contributed by atoms with Gasteiger partial charge in [-0.15, -0.1) is 11.3 Å². The highest BCUT2D eigenvalue weighted by Crippen LogP contribution is 2.43. The number of ketones is 1. The van der Waals surface area contributed by atoms with Crippen LogP contribution in [0.5, 0.6) is 0 Å². The molecule has 2 fully saturated rings. The fourth-order valence-corrected chi connectivity index (χ4v) is 6.86. The standard InChI is InChI=1S/C33H31N3O3S/c37-30(19-22-11-12-22)31-21-24-13-14-36(29-10-2-1-7-26(29)32(24)40-31)33(38)28-9-4-8-27(34-28)23-5-3-6-25(20-23)35-15-17-39-18-16-35/h1-10,20-22H,11-19H2. The van der Waals surface area contributed by atoms with Gasteiger partial charge in [-0.2, -0.15) is 0 Å². The quantitative estimate of drug-likeness (QED) is 0.257. The molecular formula is C33H31N3O3S. The molecule has 1 aliphatic carbocycles. The van der Waals surface area contributed by atoms with Crippen LogP contribution in [-0.4, -0.2) is 49.5 Å². The molecule has 7 heteroatoms. The number of thiophene rings is 1. The number of pyridine rings is 1. The van der Waals surface area contributed by atoms with Crippen molar-refractivity contribution in [2.24, 2.45) is 5.92 Å². The summed E-state index contributed by atoms with van der Waals surface area (Å²) in [5.41, 5.74) is 6.36. The summed E-state index contributed by atoms with van der Waals surface area (Å²) in [5.74, 6) is 0.712. The highest BCUT2D eigenvalue weighted by molar-refractivity contribution is 7.17. The number of benzene rings is 2. The Bertz CT molecular complexity index is 1590. The van der Waals surface area contributed by atoms with Crippen LogP contribution in [0.2, 0.25) is 0 Å². The minimum absolute atomic E-state index is 0.112. The van der Waals surface area contributed by atoms with Crippen molar-refractivity contribution in [3.05, 3.63) is 88.9 Å². The van der Waals surface area contributed by atoms with E-state index in [1.807, 2.05) is 47.4 Å². The summed E-state index contributed by atoms with van der Waals surface area (Å²) in [6, 6.07) is 24.1. The molecular weight excluding hydrogens is 518 g/mol. The first-order valence-corrected chi connectivity index (χ1v) is 14.9. The van der Waals surface area contributed by atoms with Gasteiger partial charge >= 0.3 is 0 Å². The van der Waals surface area contributed by atoms with Crippen LogP contribution < -0.4 is 9.80 Å². The number of morpholine rings is 1. The lowest BCUT2D eigenvalue weighted by Crippen LogP contribution is -2.36. The number of fused-ring (bicyclic) bond motifs is 3. The van der Waals surface area contributed by atoms with Crippen LogP contribution in [0.1, 0.15) is 45.0 Å². The van der Waals surface area contributed by atoms with Crippen molar-refractivity contribution in [3.63, 3.8) is 0 Å². The molecule has 3 aliphatic rings. The molecule has 2 aliphatic heterocycles. The second-order valence-corrected chi connectivity index (χ2v) is 11.9. The van der Waals surface area contributed by atoms with Crippen LogP contribution in [0.3, 0.4) is 0 Å². The van der Waals surface area contributed by atoms with Crippen LogP contribution in [0.15, 0.2) is 72.8 Å². The first-order valence-electron chi connectivity index (χ1n) is 14.1. The molecule has 1 saturated carbocycles. The van der Waals surface area contributed by atoms with Gasteiger partial charge in [0.2, 0.25) is 0 Å². The maximum atomic E-state index is 14.0. The van der Waals surface area contributed by atoms with Crippen molar-refractivity contribution in [2.45, 2.75) is 25.7 Å². The van der Waals surface area contributed by atoms with Crippen molar-refractivity contribution < 1.29 is 14.3 Å². The number of aromatic nitrogens is 1. The van der Waals surface area contributed by atoms with Gasteiger partial charge in [-0.25, -0.2) is 4.98 Å².